The maximum Gasteiger partial charge on any atom is 0.274 e. The van der Waals surface area contributed by atoms with Crippen LogP contribution in [0.4, 0.5) is 0 Å². The molecule has 6 heteroatoms. The summed E-state index contributed by atoms with van der Waals surface area (Å²) >= 11 is 0. The van der Waals surface area contributed by atoms with Gasteiger partial charge in [-0.1, -0.05) is 30.3 Å². The summed E-state index contributed by atoms with van der Waals surface area (Å²) in [6, 6.07) is 12.2. The highest BCUT2D eigenvalue weighted by Gasteiger charge is 2.21. The van der Waals surface area contributed by atoms with Crippen molar-refractivity contribution in [2.75, 3.05) is 0 Å². The molecule has 2 rings (SSSR count). The Balaban J connectivity index is 1.95. The molecule has 0 fully saturated rings. The van der Waals surface area contributed by atoms with Crippen molar-refractivity contribution in [2.24, 2.45) is 0 Å². The molecule has 2 aromatic rings. The van der Waals surface area contributed by atoms with E-state index in [1.54, 1.807) is 6.92 Å². The molecule has 1 aromatic heterocycles. The molecule has 1 aromatic carbocycles. The van der Waals surface area contributed by atoms with Gasteiger partial charge < -0.3 is 4.42 Å². The number of rotatable bonds is 7. The molecular formula is C15H17NO4S. The lowest BCUT2D eigenvalue weighted by molar-refractivity contribution is 0.109. The van der Waals surface area contributed by atoms with Gasteiger partial charge in [-0.15, -0.1) is 0 Å². The maximum atomic E-state index is 12.1. The second kappa shape index (κ2) is 6.69. The summed E-state index contributed by atoms with van der Waals surface area (Å²) in [5.74, 6) is -0.00712. The van der Waals surface area contributed by atoms with Crippen molar-refractivity contribution in [3.8, 4) is 0 Å². The number of nitrogens with one attached hydrogen (secondary N) is 1. The minimum Gasteiger partial charge on any atom is -0.440 e. The molecule has 0 saturated heterocycles. The van der Waals surface area contributed by atoms with Crippen LogP contribution in [0, 0.1) is 0 Å². The summed E-state index contributed by atoms with van der Waals surface area (Å²) in [5.41, 5.74) is 1.16. The number of hydrogen-bond donors (Lipinski definition) is 1. The van der Waals surface area contributed by atoms with E-state index in [0.717, 1.165) is 12.0 Å². The Morgan fingerprint density at radius 1 is 1.19 bits per heavy atom. The molecule has 0 aliphatic rings. The molecule has 0 bridgehead atoms. The first-order valence-corrected chi connectivity index (χ1v) is 8.11. The van der Waals surface area contributed by atoms with Crippen LogP contribution in [0.1, 0.15) is 29.5 Å². The molecule has 1 atom stereocenters. The lowest BCUT2D eigenvalue weighted by Gasteiger charge is -2.12. The van der Waals surface area contributed by atoms with Crippen LogP contribution in [-0.4, -0.2) is 20.7 Å². The zero-order chi connectivity index (χ0) is 15.3. The topological polar surface area (TPSA) is 76.4 Å². The molecule has 1 unspecified atom stereocenters. The average molecular weight is 307 g/mol. The number of carbonyl (C=O) groups excluding carboxylic acids is 1. The molecule has 1 heterocycles. The standard InChI is InChI=1S/C15H17NO4S/c1-12(7-8-13-5-3-2-4-6-13)16-21(18,19)15-10-9-14(11-17)20-15/h2-6,9-12,16H,7-8H2,1H3. The van der Waals surface area contributed by atoms with E-state index >= 15 is 0 Å². The van der Waals surface area contributed by atoms with Crippen molar-refractivity contribution >= 4 is 16.3 Å². The van der Waals surface area contributed by atoms with Gasteiger partial charge in [0.15, 0.2) is 12.0 Å². The van der Waals surface area contributed by atoms with Crippen LogP contribution in [0.5, 0.6) is 0 Å². The number of carbonyl (C=O) groups is 1. The predicted octanol–water partition coefficient (Wildman–Crippen LogP) is 2.39. The van der Waals surface area contributed by atoms with Gasteiger partial charge in [-0.05, 0) is 37.5 Å². The molecule has 0 spiro atoms. The van der Waals surface area contributed by atoms with Crippen molar-refractivity contribution in [2.45, 2.75) is 30.9 Å². The summed E-state index contributed by atoms with van der Waals surface area (Å²) in [6.45, 7) is 1.80. The van der Waals surface area contributed by atoms with E-state index in [0.29, 0.717) is 12.7 Å². The summed E-state index contributed by atoms with van der Waals surface area (Å²) in [6.07, 6.45) is 1.92. The zero-order valence-electron chi connectivity index (χ0n) is 11.7. The molecule has 0 aliphatic heterocycles. The lowest BCUT2D eigenvalue weighted by atomic mass is 10.1. The molecule has 1 N–H and O–H groups in total. The van der Waals surface area contributed by atoms with Crippen LogP contribution in [0.15, 0.2) is 52.0 Å². The van der Waals surface area contributed by atoms with Gasteiger partial charge in [0.1, 0.15) is 0 Å². The van der Waals surface area contributed by atoms with Gasteiger partial charge in [0.2, 0.25) is 5.09 Å². The van der Waals surface area contributed by atoms with Gasteiger partial charge in [-0.2, -0.15) is 0 Å². The summed E-state index contributed by atoms with van der Waals surface area (Å²) in [5, 5.41) is -0.240. The van der Waals surface area contributed by atoms with Crippen LogP contribution in [-0.2, 0) is 16.4 Å². The average Bonchev–Trinajstić information content (AvgIpc) is 2.96. The molecule has 5 nitrogen and oxygen atoms in total. The van der Waals surface area contributed by atoms with E-state index in [9.17, 15) is 13.2 Å². The highest BCUT2D eigenvalue weighted by molar-refractivity contribution is 7.89. The Kier molecular flexibility index (Phi) is 4.93. The molecule has 0 radical (unpaired) electrons. The van der Waals surface area contributed by atoms with E-state index in [1.807, 2.05) is 30.3 Å². The molecular weight excluding hydrogens is 290 g/mol. The van der Waals surface area contributed by atoms with Crippen LogP contribution < -0.4 is 4.72 Å². The van der Waals surface area contributed by atoms with Crippen molar-refractivity contribution < 1.29 is 17.6 Å². The fourth-order valence-corrected chi connectivity index (χ4v) is 3.17. The van der Waals surface area contributed by atoms with E-state index in [4.69, 9.17) is 4.42 Å². The minimum absolute atomic E-state index is 0.00712. The Morgan fingerprint density at radius 2 is 1.90 bits per heavy atom. The Morgan fingerprint density at radius 3 is 2.52 bits per heavy atom. The Bertz CT molecular complexity index is 691. The number of sulfonamides is 1. The maximum absolute atomic E-state index is 12.1. The van der Waals surface area contributed by atoms with Crippen molar-refractivity contribution in [1.29, 1.82) is 0 Å². The number of benzene rings is 1. The van der Waals surface area contributed by atoms with Crippen molar-refractivity contribution in [3.63, 3.8) is 0 Å². The summed E-state index contributed by atoms with van der Waals surface area (Å²) in [7, 11) is -3.73. The fourth-order valence-electron chi connectivity index (χ4n) is 1.95. The SMILES string of the molecule is CC(CCc1ccccc1)NS(=O)(=O)c1ccc(C=O)o1. The van der Waals surface area contributed by atoms with Gasteiger partial charge >= 0.3 is 0 Å². The molecule has 112 valence electrons. The first kappa shape index (κ1) is 15.5. The van der Waals surface area contributed by atoms with Gasteiger partial charge in [0.25, 0.3) is 10.0 Å². The Labute approximate surface area is 124 Å². The van der Waals surface area contributed by atoms with E-state index in [2.05, 4.69) is 4.72 Å². The number of furan rings is 1. The third-order valence-corrected chi connectivity index (χ3v) is 4.51. The van der Waals surface area contributed by atoms with Crippen LogP contribution in [0.25, 0.3) is 0 Å². The molecule has 0 amide bonds. The predicted molar refractivity (Wildman–Crippen MR) is 78.6 cm³/mol. The third-order valence-electron chi connectivity index (χ3n) is 3.05. The first-order valence-electron chi connectivity index (χ1n) is 6.62. The third kappa shape index (κ3) is 4.27. The quantitative estimate of drug-likeness (QED) is 0.797. The normalized spacial score (nSPS) is 13.0. The zero-order valence-corrected chi connectivity index (χ0v) is 12.5. The van der Waals surface area contributed by atoms with E-state index < -0.39 is 10.0 Å². The highest BCUT2D eigenvalue weighted by Crippen LogP contribution is 2.14. The first-order chi connectivity index (χ1) is 10.0. The fraction of sp³-hybridized carbons (Fsp3) is 0.267. The second-order valence-corrected chi connectivity index (χ2v) is 6.47. The number of aldehydes is 1. The number of aryl methyl sites for hydroxylation is 1. The minimum atomic E-state index is -3.73. The van der Waals surface area contributed by atoms with Crippen LogP contribution in [0.3, 0.4) is 0 Å². The lowest BCUT2D eigenvalue weighted by Crippen LogP contribution is -2.32. The van der Waals surface area contributed by atoms with E-state index in [-0.39, 0.29) is 16.9 Å². The van der Waals surface area contributed by atoms with Gasteiger partial charge in [0, 0.05) is 6.04 Å². The molecule has 21 heavy (non-hydrogen) atoms. The van der Waals surface area contributed by atoms with Gasteiger partial charge in [-0.3, -0.25) is 4.79 Å². The van der Waals surface area contributed by atoms with Crippen LogP contribution in [0.2, 0.25) is 0 Å². The Hall–Kier alpha value is -1.92. The van der Waals surface area contributed by atoms with Crippen molar-refractivity contribution in [3.05, 3.63) is 53.8 Å². The monoisotopic (exact) mass is 307 g/mol. The highest BCUT2D eigenvalue weighted by atomic mass is 32.2. The summed E-state index contributed by atoms with van der Waals surface area (Å²) in [4.78, 5) is 10.5. The second-order valence-electron chi connectivity index (χ2n) is 4.82. The van der Waals surface area contributed by atoms with Crippen LogP contribution >= 0.6 is 0 Å². The number of hydrogen-bond acceptors (Lipinski definition) is 4. The smallest absolute Gasteiger partial charge is 0.274 e. The van der Waals surface area contributed by atoms with Gasteiger partial charge in [-0.25, -0.2) is 13.1 Å². The largest absolute Gasteiger partial charge is 0.440 e. The molecule has 0 saturated carbocycles. The van der Waals surface area contributed by atoms with Gasteiger partial charge in [0.05, 0.1) is 0 Å². The van der Waals surface area contributed by atoms with E-state index in [1.165, 1.54) is 12.1 Å². The summed E-state index contributed by atoms with van der Waals surface area (Å²) < 4.78 is 31.6. The van der Waals surface area contributed by atoms with Crippen molar-refractivity contribution in [1.82, 2.24) is 4.72 Å². The molecule has 0 aliphatic carbocycles.